The third kappa shape index (κ3) is 2.76. The van der Waals surface area contributed by atoms with Crippen LogP contribution in [0.25, 0.3) is 0 Å². The van der Waals surface area contributed by atoms with E-state index in [1.54, 1.807) is 14.2 Å². The van der Waals surface area contributed by atoms with E-state index in [9.17, 15) is 0 Å². The van der Waals surface area contributed by atoms with Crippen LogP contribution in [-0.4, -0.2) is 39.1 Å². The van der Waals surface area contributed by atoms with Crippen LogP contribution < -0.4 is 10.2 Å². The first-order chi connectivity index (χ1) is 9.24. The van der Waals surface area contributed by atoms with Gasteiger partial charge in [0.2, 0.25) is 5.79 Å². The predicted molar refractivity (Wildman–Crippen MR) is 75.3 cm³/mol. The second kappa shape index (κ2) is 5.12. The monoisotopic (exact) mass is 262 g/mol. The van der Waals surface area contributed by atoms with Crippen molar-refractivity contribution >= 4 is 5.69 Å². The molecule has 0 spiro atoms. The second-order valence-electron chi connectivity index (χ2n) is 5.50. The molecule has 104 valence electrons. The molecular weight excluding hydrogens is 240 g/mol. The van der Waals surface area contributed by atoms with Crippen LogP contribution in [-0.2, 0) is 16.0 Å². The molecule has 4 heteroatoms. The van der Waals surface area contributed by atoms with Gasteiger partial charge in [-0.25, -0.2) is 0 Å². The highest BCUT2D eigenvalue weighted by Gasteiger charge is 2.43. The van der Waals surface area contributed by atoms with Crippen LogP contribution in [0.2, 0.25) is 0 Å². The van der Waals surface area contributed by atoms with E-state index in [0.717, 1.165) is 25.7 Å². The average Bonchev–Trinajstić information content (AvgIpc) is 3.21. The molecule has 1 heterocycles. The fraction of sp³-hybridized carbons (Fsp3) is 0.600. The van der Waals surface area contributed by atoms with Gasteiger partial charge in [0.25, 0.3) is 0 Å². The lowest BCUT2D eigenvalue weighted by atomic mass is 10.0. The van der Waals surface area contributed by atoms with Gasteiger partial charge in [-0.3, -0.25) is 0 Å². The summed E-state index contributed by atoms with van der Waals surface area (Å²) in [5.74, 6) is -0.414. The van der Waals surface area contributed by atoms with Gasteiger partial charge in [0, 0.05) is 32.5 Å². The van der Waals surface area contributed by atoms with Crippen LogP contribution in [0.15, 0.2) is 24.3 Å². The van der Waals surface area contributed by atoms with Gasteiger partial charge in [0.05, 0.1) is 13.1 Å². The highest BCUT2D eigenvalue weighted by molar-refractivity contribution is 5.51. The fourth-order valence-electron chi connectivity index (χ4n) is 2.47. The molecular formula is C15H22N2O2. The van der Waals surface area contributed by atoms with Gasteiger partial charge >= 0.3 is 0 Å². The molecule has 0 aromatic heterocycles. The Bertz CT molecular complexity index is 434. The normalized spacial score (nSPS) is 21.3. The second-order valence-corrected chi connectivity index (χ2v) is 5.50. The Morgan fingerprint density at radius 1 is 1.26 bits per heavy atom. The van der Waals surface area contributed by atoms with E-state index in [1.807, 2.05) is 0 Å². The van der Waals surface area contributed by atoms with Crippen LogP contribution in [0.5, 0.6) is 0 Å². The number of methoxy groups -OCH3 is 2. The first-order valence-corrected chi connectivity index (χ1v) is 6.92. The van der Waals surface area contributed by atoms with Crippen LogP contribution in [0.1, 0.15) is 18.4 Å². The van der Waals surface area contributed by atoms with E-state index in [1.165, 1.54) is 24.1 Å². The van der Waals surface area contributed by atoms with Crippen LogP contribution in [0.4, 0.5) is 5.69 Å². The molecule has 0 radical (unpaired) electrons. The van der Waals surface area contributed by atoms with Gasteiger partial charge in [-0.15, -0.1) is 0 Å². The van der Waals surface area contributed by atoms with Crippen molar-refractivity contribution in [1.82, 2.24) is 5.32 Å². The number of rotatable bonds is 6. The van der Waals surface area contributed by atoms with Crippen molar-refractivity contribution in [3.05, 3.63) is 29.8 Å². The lowest BCUT2D eigenvalue weighted by Gasteiger charge is -2.48. The Morgan fingerprint density at radius 3 is 2.63 bits per heavy atom. The molecule has 1 aliphatic carbocycles. The maximum absolute atomic E-state index is 5.42. The molecule has 2 aliphatic rings. The van der Waals surface area contributed by atoms with E-state index >= 15 is 0 Å². The highest BCUT2D eigenvalue weighted by atomic mass is 16.7. The molecule has 0 unspecified atom stereocenters. The lowest BCUT2D eigenvalue weighted by Crippen LogP contribution is -2.64. The molecule has 3 rings (SSSR count). The summed E-state index contributed by atoms with van der Waals surface area (Å²) in [6, 6.07) is 9.46. The molecule has 1 aliphatic heterocycles. The first kappa shape index (κ1) is 12.9. The van der Waals surface area contributed by atoms with E-state index in [4.69, 9.17) is 9.47 Å². The Labute approximate surface area is 114 Å². The Kier molecular flexibility index (Phi) is 3.48. The minimum absolute atomic E-state index is 0.414. The molecule has 2 fully saturated rings. The maximum Gasteiger partial charge on any atom is 0.203 e. The fourth-order valence-corrected chi connectivity index (χ4v) is 2.47. The number of benzene rings is 1. The topological polar surface area (TPSA) is 33.7 Å². The van der Waals surface area contributed by atoms with E-state index in [-0.39, 0.29) is 0 Å². The van der Waals surface area contributed by atoms with Gasteiger partial charge in [-0.2, -0.15) is 0 Å². The van der Waals surface area contributed by atoms with E-state index in [0.29, 0.717) is 0 Å². The molecule has 0 atom stereocenters. The van der Waals surface area contributed by atoms with Crippen LogP contribution >= 0.6 is 0 Å². The minimum Gasteiger partial charge on any atom is -0.361 e. The zero-order chi connectivity index (χ0) is 13.3. The quantitative estimate of drug-likeness (QED) is 0.792. The van der Waals surface area contributed by atoms with Crippen molar-refractivity contribution in [2.24, 2.45) is 0 Å². The van der Waals surface area contributed by atoms with Gasteiger partial charge in [-0.05, 0) is 30.5 Å². The third-order valence-electron chi connectivity index (χ3n) is 4.06. The van der Waals surface area contributed by atoms with Gasteiger partial charge < -0.3 is 19.7 Å². The molecule has 1 aromatic carbocycles. The summed E-state index contributed by atoms with van der Waals surface area (Å²) < 4.78 is 10.8. The Morgan fingerprint density at radius 2 is 2.00 bits per heavy atom. The zero-order valence-electron chi connectivity index (χ0n) is 11.7. The number of hydrogen-bond acceptors (Lipinski definition) is 4. The van der Waals surface area contributed by atoms with Crippen molar-refractivity contribution in [1.29, 1.82) is 0 Å². The molecule has 1 saturated heterocycles. The summed E-state index contributed by atoms with van der Waals surface area (Å²) in [5.41, 5.74) is 2.59. The van der Waals surface area contributed by atoms with Crippen molar-refractivity contribution in [3.63, 3.8) is 0 Å². The van der Waals surface area contributed by atoms with Crippen molar-refractivity contribution in [2.75, 3.05) is 32.2 Å². The molecule has 19 heavy (non-hydrogen) atoms. The van der Waals surface area contributed by atoms with Gasteiger partial charge in [0.1, 0.15) is 0 Å². The molecule has 1 N–H and O–H groups in total. The summed E-state index contributed by atoms with van der Waals surface area (Å²) in [5, 5.41) is 3.55. The SMILES string of the molecule is COC1(OC)CN(c2cccc(CNC3CC3)c2)C1. The molecule has 0 amide bonds. The van der Waals surface area contributed by atoms with Gasteiger partial charge in [-0.1, -0.05) is 12.1 Å². The summed E-state index contributed by atoms with van der Waals surface area (Å²) in [4.78, 5) is 2.29. The summed E-state index contributed by atoms with van der Waals surface area (Å²) >= 11 is 0. The minimum atomic E-state index is -0.414. The summed E-state index contributed by atoms with van der Waals surface area (Å²) in [6.45, 7) is 2.55. The van der Waals surface area contributed by atoms with E-state index in [2.05, 4.69) is 34.5 Å². The zero-order valence-corrected chi connectivity index (χ0v) is 11.7. The third-order valence-corrected chi connectivity index (χ3v) is 4.06. The summed E-state index contributed by atoms with van der Waals surface area (Å²) in [6.07, 6.45) is 2.66. The average molecular weight is 262 g/mol. The smallest absolute Gasteiger partial charge is 0.203 e. The largest absolute Gasteiger partial charge is 0.361 e. The van der Waals surface area contributed by atoms with Gasteiger partial charge in [0.15, 0.2) is 0 Å². The number of anilines is 1. The summed E-state index contributed by atoms with van der Waals surface area (Å²) in [7, 11) is 3.41. The van der Waals surface area contributed by atoms with Crippen molar-refractivity contribution < 1.29 is 9.47 Å². The molecule has 4 nitrogen and oxygen atoms in total. The van der Waals surface area contributed by atoms with Crippen LogP contribution in [0.3, 0.4) is 0 Å². The molecule has 1 saturated carbocycles. The number of nitrogens with one attached hydrogen (secondary N) is 1. The number of ether oxygens (including phenoxy) is 2. The van der Waals surface area contributed by atoms with Crippen molar-refractivity contribution in [3.8, 4) is 0 Å². The number of hydrogen-bond donors (Lipinski definition) is 1. The lowest BCUT2D eigenvalue weighted by molar-refractivity contribution is -0.219. The molecule has 1 aromatic rings. The molecule has 0 bridgehead atoms. The highest BCUT2D eigenvalue weighted by Crippen LogP contribution is 2.31. The first-order valence-electron chi connectivity index (χ1n) is 6.92. The van der Waals surface area contributed by atoms with E-state index < -0.39 is 5.79 Å². The van der Waals surface area contributed by atoms with Crippen molar-refractivity contribution in [2.45, 2.75) is 31.2 Å². The van der Waals surface area contributed by atoms with Crippen LogP contribution in [0, 0.1) is 0 Å². The predicted octanol–water partition coefficient (Wildman–Crippen LogP) is 1.75. The standard InChI is InChI=1S/C15H22N2O2/c1-18-15(19-2)10-17(11-15)14-5-3-4-12(8-14)9-16-13-6-7-13/h3-5,8,13,16H,6-7,9-11H2,1-2H3. The Hall–Kier alpha value is -1.10. The number of nitrogens with zero attached hydrogens (tertiary/aromatic N) is 1. The maximum atomic E-state index is 5.42. The Balaban J connectivity index is 1.60.